The monoisotopic (exact) mass is 167 g/mol. The van der Waals surface area contributed by atoms with E-state index in [0.717, 1.165) is 13.1 Å². The van der Waals surface area contributed by atoms with Crippen LogP contribution in [0.1, 0.15) is 26.2 Å². The molecule has 2 atom stereocenters. The van der Waals surface area contributed by atoms with E-state index in [4.69, 9.17) is 5.26 Å². The average Bonchev–Trinajstić information content (AvgIpc) is 2.09. The van der Waals surface area contributed by atoms with Crippen molar-refractivity contribution in [3.8, 4) is 6.07 Å². The number of nitrogens with zero attached hydrogens (tertiary/aromatic N) is 1. The molecule has 2 unspecified atom stereocenters. The van der Waals surface area contributed by atoms with Crippen LogP contribution in [0.2, 0.25) is 0 Å². The van der Waals surface area contributed by atoms with Crippen LogP contribution in [-0.4, -0.2) is 25.2 Å². The van der Waals surface area contributed by atoms with Crippen molar-refractivity contribution in [1.29, 1.82) is 5.26 Å². The molecule has 3 heteroatoms. The number of hydrogen-bond donors (Lipinski definition) is 2. The van der Waals surface area contributed by atoms with Crippen LogP contribution in [0, 0.1) is 11.3 Å². The Kier molecular flexibility index (Phi) is 4.06. The molecule has 68 valence electrons. The summed E-state index contributed by atoms with van der Waals surface area (Å²) in [6, 6.07) is 3.38. The number of piperidine rings is 1. The van der Waals surface area contributed by atoms with Crippen LogP contribution in [0.15, 0.2) is 0 Å². The van der Waals surface area contributed by atoms with Gasteiger partial charge in [-0.25, -0.2) is 0 Å². The highest BCUT2D eigenvalue weighted by Gasteiger charge is 2.15. The van der Waals surface area contributed by atoms with Crippen molar-refractivity contribution in [2.24, 2.45) is 0 Å². The Balaban J connectivity index is 2.06. The second-order valence-electron chi connectivity index (χ2n) is 3.45. The minimum atomic E-state index is 0.578. The van der Waals surface area contributed by atoms with E-state index >= 15 is 0 Å². The van der Waals surface area contributed by atoms with E-state index < -0.39 is 0 Å². The van der Waals surface area contributed by atoms with E-state index in [-0.39, 0.29) is 0 Å². The quantitative estimate of drug-likeness (QED) is 0.606. The zero-order chi connectivity index (χ0) is 8.81. The van der Waals surface area contributed by atoms with Gasteiger partial charge in [-0.15, -0.1) is 0 Å². The Morgan fingerprint density at radius 2 is 2.42 bits per heavy atom. The molecule has 12 heavy (non-hydrogen) atoms. The molecule has 0 spiro atoms. The van der Waals surface area contributed by atoms with E-state index in [1.54, 1.807) is 0 Å². The smallest absolute Gasteiger partial charge is 0.0635 e. The molecule has 1 aliphatic heterocycles. The molecule has 0 aromatic heterocycles. The molecule has 1 rings (SSSR count). The van der Waals surface area contributed by atoms with Gasteiger partial charge in [-0.05, 0) is 19.8 Å². The highest BCUT2D eigenvalue weighted by Crippen LogP contribution is 2.06. The molecule has 2 N–H and O–H groups in total. The third kappa shape index (κ3) is 3.21. The molecular formula is C9H17N3. The summed E-state index contributed by atoms with van der Waals surface area (Å²) in [5, 5.41) is 15.1. The van der Waals surface area contributed by atoms with E-state index in [1.807, 2.05) is 0 Å². The van der Waals surface area contributed by atoms with E-state index in [9.17, 15) is 0 Å². The lowest BCUT2D eigenvalue weighted by atomic mass is 10.0. The number of nitriles is 1. The fourth-order valence-corrected chi connectivity index (χ4v) is 1.51. The fraction of sp³-hybridized carbons (Fsp3) is 0.889. The first-order valence-electron chi connectivity index (χ1n) is 4.66. The van der Waals surface area contributed by atoms with Crippen molar-refractivity contribution in [2.75, 3.05) is 13.1 Å². The first-order valence-corrected chi connectivity index (χ1v) is 4.66. The number of nitrogens with one attached hydrogen (secondary N) is 2. The predicted octanol–water partition coefficient (Wildman–Crippen LogP) is 0.630. The summed E-state index contributed by atoms with van der Waals surface area (Å²) in [6.07, 6.45) is 3.09. The van der Waals surface area contributed by atoms with Crippen molar-refractivity contribution in [3.63, 3.8) is 0 Å². The van der Waals surface area contributed by atoms with Crippen molar-refractivity contribution in [2.45, 2.75) is 38.3 Å². The highest BCUT2D eigenvalue weighted by atomic mass is 15.0. The maximum Gasteiger partial charge on any atom is 0.0635 e. The third-order valence-electron chi connectivity index (χ3n) is 2.33. The minimum absolute atomic E-state index is 0.578. The second-order valence-corrected chi connectivity index (χ2v) is 3.45. The van der Waals surface area contributed by atoms with E-state index in [0.29, 0.717) is 18.5 Å². The van der Waals surface area contributed by atoms with Gasteiger partial charge in [-0.3, -0.25) is 0 Å². The zero-order valence-electron chi connectivity index (χ0n) is 7.64. The fourth-order valence-electron chi connectivity index (χ4n) is 1.51. The Bertz CT molecular complexity index is 154. The molecule has 0 aliphatic carbocycles. The Morgan fingerprint density at radius 1 is 1.58 bits per heavy atom. The summed E-state index contributed by atoms with van der Waals surface area (Å²) in [6.45, 7) is 4.09. The Labute approximate surface area is 74.1 Å². The molecule has 1 saturated heterocycles. The van der Waals surface area contributed by atoms with Crippen molar-refractivity contribution < 1.29 is 0 Å². The van der Waals surface area contributed by atoms with Crippen molar-refractivity contribution in [1.82, 2.24) is 10.6 Å². The molecule has 0 aromatic rings. The van der Waals surface area contributed by atoms with Gasteiger partial charge in [-0.2, -0.15) is 5.26 Å². The van der Waals surface area contributed by atoms with Gasteiger partial charge in [0.25, 0.3) is 0 Å². The van der Waals surface area contributed by atoms with Crippen LogP contribution in [0.3, 0.4) is 0 Å². The molecule has 0 bridgehead atoms. The van der Waals surface area contributed by atoms with Gasteiger partial charge < -0.3 is 10.6 Å². The largest absolute Gasteiger partial charge is 0.313 e. The van der Waals surface area contributed by atoms with Crippen LogP contribution in [0.4, 0.5) is 0 Å². The maximum absolute atomic E-state index is 8.33. The lowest BCUT2D eigenvalue weighted by molar-refractivity contribution is 0.341. The van der Waals surface area contributed by atoms with E-state index in [1.165, 1.54) is 12.8 Å². The number of rotatable bonds is 3. The Morgan fingerprint density at radius 3 is 3.00 bits per heavy atom. The first kappa shape index (κ1) is 9.50. The molecular weight excluding hydrogens is 150 g/mol. The summed E-state index contributed by atoms with van der Waals surface area (Å²) in [4.78, 5) is 0. The van der Waals surface area contributed by atoms with Crippen LogP contribution >= 0.6 is 0 Å². The van der Waals surface area contributed by atoms with Crippen LogP contribution < -0.4 is 10.6 Å². The second kappa shape index (κ2) is 5.13. The zero-order valence-corrected chi connectivity index (χ0v) is 7.64. The SMILES string of the molecule is CC1CCC(NCCC#N)CN1. The third-order valence-corrected chi connectivity index (χ3v) is 2.33. The van der Waals surface area contributed by atoms with Gasteiger partial charge in [-0.1, -0.05) is 0 Å². The van der Waals surface area contributed by atoms with Gasteiger partial charge in [0, 0.05) is 31.6 Å². The van der Waals surface area contributed by atoms with Gasteiger partial charge in [0.1, 0.15) is 0 Å². The maximum atomic E-state index is 8.33. The summed E-state index contributed by atoms with van der Waals surface area (Å²) in [7, 11) is 0. The van der Waals surface area contributed by atoms with Gasteiger partial charge in [0.15, 0.2) is 0 Å². The standard InChI is InChI=1S/C9H17N3/c1-8-3-4-9(7-12-8)11-6-2-5-10/h8-9,11-12H,2-4,6-7H2,1H3. The molecule has 0 radical (unpaired) electrons. The number of hydrogen-bond acceptors (Lipinski definition) is 3. The van der Waals surface area contributed by atoms with Gasteiger partial charge in [0.05, 0.1) is 6.07 Å². The van der Waals surface area contributed by atoms with Crippen LogP contribution in [0.25, 0.3) is 0 Å². The molecule has 1 fully saturated rings. The summed E-state index contributed by atoms with van der Waals surface area (Å²) in [5.74, 6) is 0. The predicted molar refractivity (Wildman–Crippen MR) is 48.7 cm³/mol. The molecule has 0 saturated carbocycles. The van der Waals surface area contributed by atoms with E-state index in [2.05, 4.69) is 23.6 Å². The lowest BCUT2D eigenvalue weighted by Crippen LogP contribution is -2.46. The normalized spacial score (nSPS) is 29.7. The minimum Gasteiger partial charge on any atom is -0.313 e. The molecule has 1 aliphatic rings. The molecule has 3 nitrogen and oxygen atoms in total. The molecule has 0 amide bonds. The summed E-state index contributed by atoms with van der Waals surface area (Å²) >= 11 is 0. The summed E-state index contributed by atoms with van der Waals surface area (Å²) in [5.41, 5.74) is 0. The Hall–Kier alpha value is -0.590. The van der Waals surface area contributed by atoms with Gasteiger partial charge >= 0.3 is 0 Å². The molecule has 0 aromatic carbocycles. The average molecular weight is 167 g/mol. The first-order chi connectivity index (χ1) is 5.83. The summed E-state index contributed by atoms with van der Waals surface area (Å²) < 4.78 is 0. The van der Waals surface area contributed by atoms with Crippen LogP contribution in [0.5, 0.6) is 0 Å². The van der Waals surface area contributed by atoms with Gasteiger partial charge in [0.2, 0.25) is 0 Å². The van der Waals surface area contributed by atoms with Crippen molar-refractivity contribution >= 4 is 0 Å². The van der Waals surface area contributed by atoms with Crippen molar-refractivity contribution in [3.05, 3.63) is 0 Å². The highest BCUT2D eigenvalue weighted by molar-refractivity contribution is 4.81. The molecule has 1 heterocycles. The lowest BCUT2D eigenvalue weighted by Gasteiger charge is -2.28. The topological polar surface area (TPSA) is 47.9 Å². The van der Waals surface area contributed by atoms with Crippen LogP contribution in [-0.2, 0) is 0 Å².